The number of nitrogens with two attached hydrogens (primary N) is 1. The maximum absolute atomic E-state index is 10.7. The first kappa shape index (κ1) is 26.2. The molecule has 9 nitrogen and oxygen atoms in total. The number of aliphatic carboxylic acids is 1. The number of hydrogen-bond acceptors (Lipinski definition) is 6. The Balaban J connectivity index is 1.62. The summed E-state index contributed by atoms with van der Waals surface area (Å²) in [5, 5.41) is 18.2. The van der Waals surface area contributed by atoms with E-state index >= 15 is 0 Å². The van der Waals surface area contributed by atoms with E-state index in [1.807, 2.05) is 18.2 Å². The fraction of sp³-hybridized carbons (Fsp3) is 0.385. The highest BCUT2D eigenvalue weighted by Gasteiger charge is 2.26. The van der Waals surface area contributed by atoms with Crippen LogP contribution in [0.1, 0.15) is 29.2 Å². The normalized spacial score (nSPS) is 15.1. The Morgan fingerprint density at radius 2 is 1.66 bits per heavy atom. The first-order valence-corrected chi connectivity index (χ1v) is 11.6. The third kappa shape index (κ3) is 8.38. The number of nitrogens with zero attached hydrogens (tertiary/aromatic N) is 3. The topological polar surface area (TPSA) is 120 Å². The van der Waals surface area contributed by atoms with Gasteiger partial charge in [-0.3, -0.25) is 9.80 Å². The number of hydrogen-bond donors (Lipinski definition) is 3. The van der Waals surface area contributed by atoms with E-state index in [9.17, 15) is 9.59 Å². The average Bonchev–Trinajstić information content (AvgIpc) is 2.87. The summed E-state index contributed by atoms with van der Waals surface area (Å²) in [5.74, 6) is 10.4. The number of carboxylic acid groups (broad SMARTS) is 2. The van der Waals surface area contributed by atoms with Gasteiger partial charge in [0, 0.05) is 44.7 Å². The van der Waals surface area contributed by atoms with Gasteiger partial charge in [-0.15, -0.1) is 0 Å². The largest absolute Gasteiger partial charge is 0.480 e. The Morgan fingerprint density at radius 3 is 2.29 bits per heavy atom. The Kier molecular flexibility index (Phi) is 10.1. The molecule has 35 heavy (non-hydrogen) atoms. The zero-order valence-corrected chi connectivity index (χ0v) is 19.7. The number of carboxylic acids is 1. The molecule has 0 saturated carbocycles. The molecule has 1 fully saturated rings. The van der Waals surface area contributed by atoms with Crippen LogP contribution in [-0.2, 0) is 9.53 Å². The Morgan fingerprint density at radius 1 is 1.00 bits per heavy atom. The number of rotatable bonds is 10. The number of ether oxygens (including phenoxy) is 1. The summed E-state index contributed by atoms with van der Waals surface area (Å²) in [6.07, 6.45) is -0.807. The second kappa shape index (κ2) is 13.5. The van der Waals surface area contributed by atoms with Crippen molar-refractivity contribution >= 4 is 12.1 Å². The zero-order valence-electron chi connectivity index (χ0n) is 19.7. The number of piperazine rings is 1. The van der Waals surface area contributed by atoms with Crippen molar-refractivity contribution in [3.63, 3.8) is 0 Å². The minimum absolute atomic E-state index is 0.116. The molecule has 1 aliphatic rings. The van der Waals surface area contributed by atoms with Crippen molar-refractivity contribution in [2.24, 2.45) is 5.84 Å². The Labute approximate surface area is 205 Å². The van der Waals surface area contributed by atoms with Gasteiger partial charge < -0.3 is 14.9 Å². The van der Waals surface area contributed by atoms with Gasteiger partial charge in [0.05, 0.1) is 19.2 Å². The van der Waals surface area contributed by atoms with E-state index in [-0.39, 0.29) is 19.2 Å². The van der Waals surface area contributed by atoms with E-state index in [2.05, 4.69) is 58.0 Å². The molecule has 0 radical (unpaired) electrons. The van der Waals surface area contributed by atoms with Crippen molar-refractivity contribution in [3.8, 4) is 11.8 Å². The molecule has 1 unspecified atom stereocenters. The average molecular weight is 481 g/mol. The van der Waals surface area contributed by atoms with Crippen molar-refractivity contribution in [2.45, 2.75) is 12.5 Å². The minimum atomic E-state index is -1.17. The van der Waals surface area contributed by atoms with Crippen LogP contribution in [0, 0.1) is 11.8 Å². The molecule has 1 amide bonds. The standard InChI is InChI=1S/C26H32N4O5/c27-30(26(33)34)13-5-4-6-21-9-11-23(12-10-21)25(22-7-2-1-3-8-22)29-16-14-28(15-17-29)18-19-35-20-24(31)32/h1-3,7-12,25H,5,13-20,27H2,(H,31,32)(H,33,34). The lowest BCUT2D eigenvalue weighted by molar-refractivity contribution is -0.142. The predicted octanol–water partition coefficient (Wildman–Crippen LogP) is 2.09. The first-order chi connectivity index (χ1) is 16.9. The smallest absolute Gasteiger partial charge is 0.421 e. The zero-order chi connectivity index (χ0) is 25.0. The van der Waals surface area contributed by atoms with Gasteiger partial charge in [-0.1, -0.05) is 54.3 Å². The molecule has 4 N–H and O–H groups in total. The molecule has 9 heteroatoms. The monoisotopic (exact) mass is 480 g/mol. The summed E-state index contributed by atoms with van der Waals surface area (Å²) < 4.78 is 5.18. The molecule has 186 valence electrons. The molecular weight excluding hydrogens is 448 g/mol. The molecule has 0 aromatic heterocycles. The SMILES string of the molecule is NN(CCC#Cc1ccc(C(c2ccccc2)N2CCN(CCOCC(=O)O)CC2)cc1)C(=O)O. The van der Waals surface area contributed by atoms with Crippen LogP contribution < -0.4 is 5.84 Å². The van der Waals surface area contributed by atoms with E-state index in [0.29, 0.717) is 13.0 Å². The number of amides is 1. The van der Waals surface area contributed by atoms with E-state index in [4.69, 9.17) is 20.8 Å². The Hall–Kier alpha value is -3.42. The van der Waals surface area contributed by atoms with E-state index in [1.54, 1.807) is 0 Å². The third-order valence-electron chi connectivity index (χ3n) is 5.85. The molecule has 1 atom stereocenters. The minimum Gasteiger partial charge on any atom is -0.480 e. The lowest BCUT2D eigenvalue weighted by Gasteiger charge is -2.39. The van der Waals surface area contributed by atoms with E-state index in [1.165, 1.54) is 11.1 Å². The maximum Gasteiger partial charge on any atom is 0.421 e. The van der Waals surface area contributed by atoms with Gasteiger partial charge >= 0.3 is 12.1 Å². The van der Waals surface area contributed by atoms with Crippen LogP contribution in [0.25, 0.3) is 0 Å². The summed E-state index contributed by atoms with van der Waals surface area (Å²) in [7, 11) is 0. The fourth-order valence-corrected chi connectivity index (χ4v) is 4.03. The highest BCUT2D eigenvalue weighted by molar-refractivity contribution is 5.68. The summed E-state index contributed by atoms with van der Waals surface area (Å²) in [6, 6.07) is 18.7. The van der Waals surface area contributed by atoms with Crippen molar-refractivity contribution in [2.75, 3.05) is 52.5 Å². The predicted molar refractivity (Wildman–Crippen MR) is 132 cm³/mol. The summed E-state index contributed by atoms with van der Waals surface area (Å²) in [6.45, 7) is 4.59. The summed E-state index contributed by atoms with van der Waals surface area (Å²) >= 11 is 0. The van der Waals surface area contributed by atoms with Crippen LogP contribution in [0.3, 0.4) is 0 Å². The van der Waals surface area contributed by atoms with Gasteiger partial charge in [0.1, 0.15) is 6.61 Å². The molecule has 0 spiro atoms. The van der Waals surface area contributed by atoms with Crippen LogP contribution >= 0.6 is 0 Å². The highest BCUT2D eigenvalue weighted by atomic mass is 16.5. The first-order valence-electron chi connectivity index (χ1n) is 11.6. The molecule has 1 heterocycles. The molecule has 2 aromatic rings. The van der Waals surface area contributed by atoms with Crippen LogP contribution in [0.4, 0.5) is 4.79 Å². The van der Waals surface area contributed by atoms with Crippen molar-refractivity contribution in [3.05, 3.63) is 71.3 Å². The molecule has 1 saturated heterocycles. The van der Waals surface area contributed by atoms with Gasteiger partial charge in [-0.05, 0) is 23.3 Å². The quantitative estimate of drug-likeness (QED) is 0.156. The van der Waals surface area contributed by atoms with E-state index < -0.39 is 12.1 Å². The van der Waals surface area contributed by atoms with Crippen molar-refractivity contribution in [1.29, 1.82) is 0 Å². The van der Waals surface area contributed by atoms with Crippen LogP contribution in [-0.4, -0.2) is 89.6 Å². The van der Waals surface area contributed by atoms with Gasteiger partial charge in [-0.25, -0.2) is 20.4 Å². The van der Waals surface area contributed by atoms with Gasteiger partial charge in [0.15, 0.2) is 0 Å². The third-order valence-corrected chi connectivity index (χ3v) is 5.85. The van der Waals surface area contributed by atoms with Crippen LogP contribution in [0.15, 0.2) is 54.6 Å². The summed E-state index contributed by atoms with van der Waals surface area (Å²) in [5.41, 5.74) is 3.27. The van der Waals surface area contributed by atoms with Crippen LogP contribution in [0.5, 0.6) is 0 Å². The van der Waals surface area contributed by atoms with Gasteiger partial charge in [-0.2, -0.15) is 0 Å². The number of benzene rings is 2. The fourth-order valence-electron chi connectivity index (χ4n) is 4.03. The second-order valence-electron chi connectivity index (χ2n) is 8.29. The number of carbonyl (C=O) groups is 2. The lowest BCUT2D eigenvalue weighted by Crippen LogP contribution is -2.48. The molecule has 3 rings (SSSR count). The maximum atomic E-state index is 10.7. The molecule has 0 aliphatic carbocycles. The van der Waals surface area contributed by atoms with Gasteiger partial charge in [0.2, 0.25) is 0 Å². The molecule has 2 aromatic carbocycles. The van der Waals surface area contributed by atoms with Crippen LogP contribution in [0.2, 0.25) is 0 Å². The van der Waals surface area contributed by atoms with Crippen molar-refractivity contribution < 1.29 is 24.5 Å². The Bertz CT molecular complexity index is 1010. The van der Waals surface area contributed by atoms with Crippen molar-refractivity contribution in [1.82, 2.24) is 14.8 Å². The molecular formula is C26H32N4O5. The number of hydrazine groups is 1. The summed E-state index contributed by atoms with van der Waals surface area (Å²) in [4.78, 5) is 26.1. The van der Waals surface area contributed by atoms with Gasteiger partial charge in [0.25, 0.3) is 0 Å². The molecule has 1 aliphatic heterocycles. The highest BCUT2D eigenvalue weighted by Crippen LogP contribution is 2.29. The molecule has 0 bridgehead atoms. The van der Waals surface area contributed by atoms with E-state index in [0.717, 1.165) is 43.3 Å². The lowest BCUT2D eigenvalue weighted by atomic mass is 9.95. The second-order valence-corrected chi connectivity index (χ2v) is 8.29.